The van der Waals surface area contributed by atoms with Gasteiger partial charge in [-0.1, -0.05) is 18.6 Å². The molecule has 3 rings (SSSR count). The fourth-order valence-corrected chi connectivity index (χ4v) is 5.23. The van der Waals surface area contributed by atoms with Crippen LogP contribution in [0.5, 0.6) is 0 Å². The summed E-state index contributed by atoms with van der Waals surface area (Å²) in [5.74, 6) is -0.693. The van der Waals surface area contributed by atoms with E-state index in [4.69, 9.17) is 0 Å². The Hall–Kier alpha value is -2.25. The van der Waals surface area contributed by atoms with Gasteiger partial charge in [0, 0.05) is 24.7 Å². The van der Waals surface area contributed by atoms with Gasteiger partial charge in [-0.2, -0.15) is 4.31 Å². The van der Waals surface area contributed by atoms with Crippen molar-refractivity contribution >= 4 is 21.6 Å². The van der Waals surface area contributed by atoms with Crippen molar-refractivity contribution in [3.8, 4) is 0 Å². The monoisotopic (exact) mass is 404 g/mol. The molecule has 1 amide bonds. The van der Waals surface area contributed by atoms with E-state index in [2.05, 4.69) is 5.32 Å². The summed E-state index contributed by atoms with van der Waals surface area (Å²) in [6.07, 6.45) is 2.33. The molecule has 28 heavy (non-hydrogen) atoms. The highest BCUT2D eigenvalue weighted by Crippen LogP contribution is 2.28. The fraction of sp³-hybridized carbons (Fsp3) is 0.381. The van der Waals surface area contributed by atoms with Crippen LogP contribution in [0.15, 0.2) is 47.4 Å². The van der Waals surface area contributed by atoms with Crippen molar-refractivity contribution in [1.29, 1.82) is 0 Å². The Morgan fingerprint density at radius 3 is 2.57 bits per heavy atom. The molecule has 1 heterocycles. The molecule has 1 saturated heterocycles. The van der Waals surface area contributed by atoms with Crippen LogP contribution in [0.3, 0.4) is 0 Å². The maximum Gasteiger partial charge on any atom is 0.243 e. The Bertz CT molecular complexity index is 958. The average Bonchev–Trinajstić information content (AvgIpc) is 2.66. The van der Waals surface area contributed by atoms with E-state index in [9.17, 15) is 17.6 Å². The lowest BCUT2D eigenvalue weighted by Gasteiger charge is -2.34. The van der Waals surface area contributed by atoms with Crippen LogP contribution in [0.2, 0.25) is 0 Å². The number of amides is 1. The first kappa shape index (κ1) is 20.5. The molecule has 1 aliphatic rings. The molecule has 7 heteroatoms. The van der Waals surface area contributed by atoms with Crippen molar-refractivity contribution in [2.24, 2.45) is 0 Å². The van der Waals surface area contributed by atoms with Gasteiger partial charge in [-0.3, -0.25) is 4.79 Å². The first-order valence-electron chi connectivity index (χ1n) is 9.42. The van der Waals surface area contributed by atoms with Crippen LogP contribution >= 0.6 is 0 Å². The number of rotatable bonds is 5. The standard InChI is InChI=1S/C21H25FN2O3S/c1-15-6-5-8-20(16(15)2)23-21(25)14-18-7-3-4-13-24(18)28(26,27)19-11-9-17(22)10-12-19/h5-6,8-12,18H,3-4,7,13-14H2,1-2H3,(H,23,25). The molecule has 2 aromatic rings. The quantitative estimate of drug-likeness (QED) is 0.819. The van der Waals surface area contributed by atoms with Gasteiger partial charge in [0.1, 0.15) is 5.82 Å². The summed E-state index contributed by atoms with van der Waals surface area (Å²) < 4.78 is 40.6. The maximum absolute atomic E-state index is 13.2. The van der Waals surface area contributed by atoms with Crippen molar-refractivity contribution in [3.63, 3.8) is 0 Å². The lowest BCUT2D eigenvalue weighted by atomic mass is 10.0. The molecule has 5 nitrogen and oxygen atoms in total. The zero-order valence-corrected chi connectivity index (χ0v) is 16.9. The maximum atomic E-state index is 13.2. The summed E-state index contributed by atoms with van der Waals surface area (Å²) in [6.45, 7) is 4.28. The minimum Gasteiger partial charge on any atom is -0.326 e. The van der Waals surface area contributed by atoms with E-state index < -0.39 is 21.9 Å². The van der Waals surface area contributed by atoms with Gasteiger partial charge in [-0.25, -0.2) is 12.8 Å². The third kappa shape index (κ3) is 4.42. The summed E-state index contributed by atoms with van der Waals surface area (Å²) in [4.78, 5) is 12.7. The van der Waals surface area contributed by atoms with Crippen LogP contribution in [-0.2, 0) is 14.8 Å². The van der Waals surface area contributed by atoms with Gasteiger partial charge in [-0.15, -0.1) is 0 Å². The number of hydrogen-bond donors (Lipinski definition) is 1. The smallest absolute Gasteiger partial charge is 0.243 e. The Balaban J connectivity index is 1.77. The minimum absolute atomic E-state index is 0.0516. The summed E-state index contributed by atoms with van der Waals surface area (Å²) in [7, 11) is -3.77. The predicted octanol–water partition coefficient (Wildman–Crippen LogP) is 4.01. The highest BCUT2D eigenvalue weighted by atomic mass is 32.2. The van der Waals surface area contributed by atoms with Crippen LogP contribution in [-0.4, -0.2) is 31.2 Å². The molecule has 1 aliphatic heterocycles. The number of nitrogens with zero attached hydrogens (tertiary/aromatic N) is 1. The fourth-order valence-electron chi connectivity index (χ4n) is 3.54. The number of aryl methyl sites for hydroxylation is 1. The van der Waals surface area contributed by atoms with E-state index >= 15 is 0 Å². The van der Waals surface area contributed by atoms with Crippen molar-refractivity contribution in [3.05, 3.63) is 59.4 Å². The third-order valence-electron chi connectivity index (χ3n) is 5.29. The molecule has 0 saturated carbocycles. The molecule has 1 fully saturated rings. The number of carbonyl (C=O) groups excluding carboxylic acids is 1. The number of hydrogen-bond acceptors (Lipinski definition) is 3. The number of nitrogens with one attached hydrogen (secondary N) is 1. The molecule has 150 valence electrons. The molecule has 0 aliphatic carbocycles. The van der Waals surface area contributed by atoms with Gasteiger partial charge in [-0.05, 0) is 68.1 Å². The zero-order chi connectivity index (χ0) is 20.3. The molecule has 0 aromatic heterocycles. The summed E-state index contributed by atoms with van der Waals surface area (Å²) >= 11 is 0. The van der Waals surface area contributed by atoms with Crippen LogP contribution in [0.25, 0.3) is 0 Å². The highest BCUT2D eigenvalue weighted by Gasteiger charge is 2.34. The zero-order valence-electron chi connectivity index (χ0n) is 16.1. The molecule has 2 aromatic carbocycles. The second-order valence-electron chi connectivity index (χ2n) is 7.22. The van der Waals surface area contributed by atoms with Crippen molar-refractivity contribution < 1.29 is 17.6 Å². The Morgan fingerprint density at radius 2 is 1.86 bits per heavy atom. The Labute approximate surface area is 165 Å². The molecule has 0 spiro atoms. The number of carbonyl (C=O) groups is 1. The van der Waals surface area contributed by atoms with E-state index in [1.165, 1.54) is 16.4 Å². The van der Waals surface area contributed by atoms with Gasteiger partial charge in [0.05, 0.1) is 4.90 Å². The first-order valence-corrected chi connectivity index (χ1v) is 10.9. The molecule has 1 unspecified atom stereocenters. The molecule has 1 atom stereocenters. The van der Waals surface area contributed by atoms with Gasteiger partial charge >= 0.3 is 0 Å². The number of piperidine rings is 1. The van der Waals surface area contributed by atoms with Crippen molar-refractivity contribution in [1.82, 2.24) is 4.31 Å². The lowest BCUT2D eigenvalue weighted by molar-refractivity contribution is -0.117. The second-order valence-corrected chi connectivity index (χ2v) is 9.11. The molecular formula is C21H25FN2O3S. The van der Waals surface area contributed by atoms with E-state index in [0.29, 0.717) is 13.0 Å². The number of sulfonamides is 1. The normalized spacial score (nSPS) is 18.0. The first-order chi connectivity index (χ1) is 13.3. The van der Waals surface area contributed by atoms with Gasteiger partial charge in [0.25, 0.3) is 0 Å². The van der Waals surface area contributed by atoms with E-state index in [0.717, 1.165) is 41.8 Å². The second kappa shape index (κ2) is 8.41. The third-order valence-corrected chi connectivity index (χ3v) is 7.26. The van der Waals surface area contributed by atoms with Gasteiger partial charge in [0.2, 0.25) is 15.9 Å². The van der Waals surface area contributed by atoms with E-state index in [1.54, 1.807) is 0 Å². The van der Waals surface area contributed by atoms with Crippen LogP contribution in [0.1, 0.15) is 36.8 Å². The van der Waals surface area contributed by atoms with Crippen molar-refractivity contribution in [2.45, 2.75) is 50.5 Å². The molecule has 0 bridgehead atoms. The van der Waals surface area contributed by atoms with E-state index in [1.807, 2.05) is 32.0 Å². The summed E-state index contributed by atoms with van der Waals surface area (Å²) in [5, 5.41) is 2.91. The van der Waals surface area contributed by atoms with Crippen LogP contribution in [0.4, 0.5) is 10.1 Å². The summed E-state index contributed by atoms with van der Waals surface area (Å²) in [6, 6.07) is 10.1. The van der Waals surface area contributed by atoms with Crippen molar-refractivity contribution in [2.75, 3.05) is 11.9 Å². The van der Waals surface area contributed by atoms with Crippen LogP contribution in [0, 0.1) is 19.7 Å². The molecule has 1 N–H and O–H groups in total. The molecule has 0 radical (unpaired) electrons. The highest BCUT2D eigenvalue weighted by molar-refractivity contribution is 7.89. The minimum atomic E-state index is -3.77. The Morgan fingerprint density at radius 1 is 1.14 bits per heavy atom. The number of benzene rings is 2. The number of halogens is 1. The summed E-state index contributed by atoms with van der Waals surface area (Å²) in [5.41, 5.74) is 2.82. The lowest BCUT2D eigenvalue weighted by Crippen LogP contribution is -2.45. The Kier molecular flexibility index (Phi) is 6.15. The van der Waals surface area contributed by atoms with E-state index in [-0.39, 0.29) is 17.2 Å². The topological polar surface area (TPSA) is 66.5 Å². The number of anilines is 1. The SMILES string of the molecule is Cc1cccc(NC(=O)CC2CCCCN2S(=O)(=O)c2ccc(F)cc2)c1C. The largest absolute Gasteiger partial charge is 0.326 e. The average molecular weight is 405 g/mol. The van der Waals surface area contributed by atoms with Crippen LogP contribution < -0.4 is 5.32 Å². The van der Waals surface area contributed by atoms with Gasteiger partial charge < -0.3 is 5.32 Å². The predicted molar refractivity (Wildman–Crippen MR) is 107 cm³/mol. The molecular weight excluding hydrogens is 379 g/mol. The van der Waals surface area contributed by atoms with Gasteiger partial charge in [0.15, 0.2) is 0 Å².